The Morgan fingerprint density at radius 1 is 1.12 bits per heavy atom. The van der Waals surface area contributed by atoms with Crippen molar-refractivity contribution in [3.63, 3.8) is 0 Å². The van der Waals surface area contributed by atoms with E-state index in [1.165, 1.54) is 35.1 Å². The lowest BCUT2D eigenvalue weighted by Crippen LogP contribution is -2.41. The number of nitrogens with zero attached hydrogens (tertiary/aromatic N) is 1. The Balaban J connectivity index is 1.49. The number of ether oxygens (including phenoxy) is 1. The third-order valence-corrected chi connectivity index (χ3v) is 6.12. The molecule has 0 radical (unpaired) electrons. The van der Waals surface area contributed by atoms with Crippen molar-refractivity contribution in [3.8, 4) is 0 Å². The molecule has 0 bridgehead atoms. The second-order valence-electron chi connectivity index (χ2n) is 7.70. The highest BCUT2D eigenvalue weighted by atomic mass is 19.1. The molecule has 25 heavy (non-hydrogen) atoms. The van der Waals surface area contributed by atoms with Crippen LogP contribution in [0.2, 0.25) is 0 Å². The number of benzene rings is 2. The van der Waals surface area contributed by atoms with Crippen molar-refractivity contribution in [1.29, 1.82) is 0 Å². The van der Waals surface area contributed by atoms with Crippen molar-refractivity contribution in [3.05, 3.63) is 70.5 Å². The van der Waals surface area contributed by atoms with Gasteiger partial charge in [0, 0.05) is 19.1 Å². The van der Waals surface area contributed by atoms with Gasteiger partial charge in [0.1, 0.15) is 5.82 Å². The van der Waals surface area contributed by atoms with Crippen LogP contribution in [0, 0.1) is 12.7 Å². The average Bonchev–Trinajstić information content (AvgIpc) is 2.92. The second kappa shape index (κ2) is 6.54. The third kappa shape index (κ3) is 3.11. The van der Waals surface area contributed by atoms with Gasteiger partial charge >= 0.3 is 0 Å². The molecule has 1 saturated heterocycles. The fourth-order valence-electron chi connectivity index (χ4n) is 4.68. The number of halogens is 1. The summed E-state index contributed by atoms with van der Waals surface area (Å²) in [5, 5.41) is 0. The highest BCUT2D eigenvalue weighted by Crippen LogP contribution is 2.52. The number of piperidine rings is 1. The molecule has 1 unspecified atom stereocenters. The largest absolute Gasteiger partial charge is 0.377 e. The van der Waals surface area contributed by atoms with Crippen LogP contribution in [-0.4, -0.2) is 25.1 Å². The maximum atomic E-state index is 13.1. The molecule has 4 rings (SSSR count). The summed E-state index contributed by atoms with van der Waals surface area (Å²) in [5.74, 6) is -0.162. The molecule has 2 nitrogen and oxygen atoms in total. The second-order valence-corrected chi connectivity index (χ2v) is 7.70. The predicted octanol–water partition coefficient (Wildman–Crippen LogP) is 4.76. The van der Waals surface area contributed by atoms with Crippen LogP contribution in [0.15, 0.2) is 42.5 Å². The van der Waals surface area contributed by atoms with E-state index in [2.05, 4.69) is 30.0 Å². The molecule has 0 N–H and O–H groups in total. The summed E-state index contributed by atoms with van der Waals surface area (Å²) in [5.41, 5.74) is 5.67. The quantitative estimate of drug-likeness (QED) is 0.799. The zero-order chi connectivity index (χ0) is 17.4. The summed E-state index contributed by atoms with van der Waals surface area (Å²) in [6.45, 7) is 5.23. The Kier molecular flexibility index (Phi) is 4.38. The molecular weight excluding hydrogens is 313 g/mol. The van der Waals surface area contributed by atoms with E-state index in [4.69, 9.17) is 4.74 Å². The maximum absolute atomic E-state index is 13.1. The predicted molar refractivity (Wildman–Crippen MR) is 98.1 cm³/mol. The van der Waals surface area contributed by atoms with E-state index in [-0.39, 0.29) is 17.3 Å². The molecule has 0 amide bonds. The highest BCUT2D eigenvalue weighted by Gasteiger charge is 2.45. The molecule has 1 atom stereocenters. The van der Waals surface area contributed by atoms with Gasteiger partial charge in [-0.3, -0.25) is 4.90 Å². The summed E-state index contributed by atoms with van der Waals surface area (Å²) >= 11 is 0. The lowest BCUT2D eigenvalue weighted by atomic mass is 9.73. The van der Waals surface area contributed by atoms with E-state index < -0.39 is 0 Å². The number of hydrogen-bond donors (Lipinski definition) is 0. The first-order valence-corrected chi connectivity index (χ1v) is 9.20. The topological polar surface area (TPSA) is 12.5 Å². The van der Waals surface area contributed by atoms with Crippen molar-refractivity contribution in [1.82, 2.24) is 4.90 Å². The Morgan fingerprint density at radius 3 is 2.52 bits per heavy atom. The van der Waals surface area contributed by atoms with Crippen molar-refractivity contribution in [2.45, 2.75) is 44.2 Å². The molecule has 3 heteroatoms. The van der Waals surface area contributed by atoms with E-state index in [1.807, 2.05) is 19.2 Å². The summed E-state index contributed by atoms with van der Waals surface area (Å²) in [4.78, 5) is 2.49. The molecule has 2 aromatic carbocycles. The molecule has 1 heterocycles. The molecule has 1 aliphatic carbocycles. The molecule has 132 valence electrons. The summed E-state index contributed by atoms with van der Waals surface area (Å²) in [6.07, 6.45) is 3.68. The van der Waals surface area contributed by atoms with Gasteiger partial charge in [0.05, 0.1) is 6.10 Å². The van der Waals surface area contributed by atoms with Crippen LogP contribution in [0.1, 0.15) is 47.6 Å². The normalized spacial score (nSPS) is 22.3. The number of aryl methyl sites for hydroxylation is 1. The molecule has 1 fully saturated rings. The van der Waals surface area contributed by atoms with E-state index in [0.29, 0.717) is 0 Å². The van der Waals surface area contributed by atoms with E-state index in [1.54, 1.807) is 12.1 Å². The van der Waals surface area contributed by atoms with Crippen LogP contribution in [-0.2, 0) is 16.7 Å². The minimum atomic E-state index is -0.162. The number of likely N-dealkylation sites (tertiary alicyclic amines) is 1. The fourth-order valence-corrected chi connectivity index (χ4v) is 4.68. The molecule has 1 spiro atoms. The lowest BCUT2D eigenvalue weighted by Gasteiger charge is -2.40. The number of fused-ring (bicyclic) bond motifs is 2. The molecular formula is C22H26FNO. The maximum Gasteiger partial charge on any atom is 0.123 e. The van der Waals surface area contributed by atoms with Gasteiger partial charge in [-0.25, -0.2) is 4.39 Å². The number of rotatable bonds is 3. The standard InChI is InChI=1S/C22H26FNO/c1-16-3-8-20-19(13-16)21(25-2)14-22(20)9-11-24(12-10-22)15-17-4-6-18(23)7-5-17/h3-8,13,21H,9-12,14-15H2,1-2H3. The highest BCUT2D eigenvalue weighted by molar-refractivity contribution is 5.44. The lowest BCUT2D eigenvalue weighted by molar-refractivity contribution is 0.0687. The van der Waals surface area contributed by atoms with Gasteiger partial charge in [0.2, 0.25) is 0 Å². The first kappa shape index (κ1) is 16.7. The van der Waals surface area contributed by atoms with E-state index in [9.17, 15) is 4.39 Å². The van der Waals surface area contributed by atoms with Crippen molar-refractivity contribution in [2.24, 2.45) is 0 Å². The van der Waals surface area contributed by atoms with Gasteiger partial charge in [0.15, 0.2) is 0 Å². The Morgan fingerprint density at radius 2 is 1.84 bits per heavy atom. The van der Waals surface area contributed by atoms with Crippen molar-refractivity contribution < 1.29 is 9.13 Å². The smallest absolute Gasteiger partial charge is 0.123 e. The zero-order valence-corrected chi connectivity index (χ0v) is 15.1. The average molecular weight is 339 g/mol. The van der Waals surface area contributed by atoms with E-state index >= 15 is 0 Å². The van der Waals surface area contributed by atoms with Crippen LogP contribution in [0.25, 0.3) is 0 Å². The molecule has 1 aliphatic heterocycles. The first-order valence-electron chi connectivity index (χ1n) is 9.20. The van der Waals surface area contributed by atoms with Crippen molar-refractivity contribution in [2.75, 3.05) is 20.2 Å². The molecule has 0 aromatic heterocycles. The molecule has 0 saturated carbocycles. The molecule has 2 aromatic rings. The Labute approximate surface area is 149 Å². The monoisotopic (exact) mass is 339 g/mol. The number of hydrogen-bond acceptors (Lipinski definition) is 2. The van der Waals surface area contributed by atoms with Crippen LogP contribution in [0.3, 0.4) is 0 Å². The Bertz CT molecular complexity index is 747. The summed E-state index contributed by atoms with van der Waals surface area (Å²) in [6, 6.07) is 13.8. The van der Waals surface area contributed by atoms with Crippen LogP contribution in [0.4, 0.5) is 4.39 Å². The fraction of sp³-hybridized carbons (Fsp3) is 0.455. The summed E-state index contributed by atoms with van der Waals surface area (Å²) < 4.78 is 18.9. The van der Waals surface area contributed by atoms with Gasteiger partial charge in [-0.2, -0.15) is 0 Å². The van der Waals surface area contributed by atoms with E-state index in [0.717, 1.165) is 26.1 Å². The first-order chi connectivity index (χ1) is 12.1. The minimum absolute atomic E-state index is 0.162. The minimum Gasteiger partial charge on any atom is -0.377 e. The van der Waals surface area contributed by atoms with Gasteiger partial charge in [-0.05, 0) is 68.1 Å². The van der Waals surface area contributed by atoms with Gasteiger partial charge in [-0.1, -0.05) is 35.9 Å². The third-order valence-electron chi connectivity index (χ3n) is 6.12. The molecule has 2 aliphatic rings. The zero-order valence-electron chi connectivity index (χ0n) is 15.1. The van der Waals surface area contributed by atoms with Crippen LogP contribution >= 0.6 is 0 Å². The van der Waals surface area contributed by atoms with Crippen molar-refractivity contribution >= 4 is 0 Å². The van der Waals surface area contributed by atoms with Gasteiger partial charge in [-0.15, -0.1) is 0 Å². The van der Waals surface area contributed by atoms with Crippen LogP contribution in [0.5, 0.6) is 0 Å². The summed E-state index contributed by atoms with van der Waals surface area (Å²) in [7, 11) is 1.83. The van der Waals surface area contributed by atoms with Gasteiger partial charge in [0.25, 0.3) is 0 Å². The Hall–Kier alpha value is -1.71. The SMILES string of the molecule is COC1CC2(CCN(Cc3ccc(F)cc3)CC2)c2ccc(C)cc21. The van der Waals surface area contributed by atoms with Gasteiger partial charge < -0.3 is 4.74 Å². The number of methoxy groups -OCH3 is 1. The van der Waals surface area contributed by atoms with Crippen LogP contribution < -0.4 is 0 Å².